The van der Waals surface area contributed by atoms with Crippen molar-refractivity contribution in [3.63, 3.8) is 0 Å². The predicted octanol–water partition coefficient (Wildman–Crippen LogP) is 4.08. The van der Waals surface area contributed by atoms with Crippen molar-refractivity contribution < 1.29 is 4.79 Å². The zero-order valence-corrected chi connectivity index (χ0v) is 20.4. The van der Waals surface area contributed by atoms with E-state index in [1.54, 1.807) is 4.57 Å². The lowest BCUT2D eigenvalue weighted by Gasteiger charge is -2.36. The number of piperidine rings is 1. The first-order valence-electron chi connectivity index (χ1n) is 11.6. The molecule has 1 aliphatic heterocycles. The molecule has 32 heavy (non-hydrogen) atoms. The zero-order chi connectivity index (χ0) is 23.0. The van der Waals surface area contributed by atoms with E-state index in [0.29, 0.717) is 40.6 Å². The number of fused-ring (bicyclic) bond motifs is 3. The Kier molecular flexibility index (Phi) is 6.60. The lowest BCUT2D eigenvalue weighted by molar-refractivity contribution is -0.132. The van der Waals surface area contributed by atoms with Crippen molar-refractivity contribution in [3.8, 4) is 0 Å². The van der Waals surface area contributed by atoms with E-state index in [0.717, 1.165) is 25.0 Å². The summed E-state index contributed by atoms with van der Waals surface area (Å²) in [5.74, 6) is 2.19. The minimum atomic E-state index is -0.283. The van der Waals surface area contributed by atoms with Crippen molar-refractivity contribution in [2.45, 2.75) is 64.4 Å². The van der Waals surface area contributed by atoms with Gasteiger partial charge >= 0.3 is 0 Å². The molecule has 1 aliphatic rings. The van der Waals surface area contributed by atoms with Gasteiger partial charge in [0, 0.05) is 19.6 Å². The highest BCUT2D eigenvalue weighted by atomic mass is 32.2. The highest BCUT2D eigenvalue weighted by Gasteiger charge is 2.30. The summed E-state index contributed by atoms with van der Waals surface area (Å²) in [5, 5.41) is 9.81. The molecule has 3 unspecified atom stereocenters. The monoisotopic (exact) mass is 455 g/mol. The number of hydrogen-bond donors (Lipinski definition) is 0. The number of rotatable bonds is 6. The van der Waals surface area contributed by atoms with Gasteiger partial charge in [-0.3, -0.25) is 18.6 Å². The number of benzene rings is 1. The van der Waals surface area contributed by atoms with E-state index in [1.165, 1.54) is 18.2 Å². The maximum absolute atomic E-state index is 13.2. The molecule has 0 bridgehead atoms. The van der Waals surface area contributed by atoms with Crippen LogP contribution in [-0.4, -0.2) is 48.3 Å². The number of carbonyl (C=O) groups excluding carboxylic acids is 1. The molecular weight excluding hydrogens is 422 g/mol. The molecule has 1 aromatic carbocycles. The largest absolute Gasteiger partial charge is 0.341 e. The fourth-order valence-corrected chi connectivity index (χ4v) is 5.65. The minimum absolute atomic E-state index is 0.0434. The number of para-hydroxylation sites is 1. The summed E-state index contributed by atoms with van der Waals surface area (Å²) >= 11 is 1.42. The number of amides is 1. The molecule has 7 nitrogen and oxygen atoms in total. The number of likely N-dealkylation sites (tertiary alicyclic amines) is 1. The number of hydrogen-bond acceptors (Lipinski definition) is 5. The fraction of sp³-hybridized carbons (Fsp3) is 0.583. The van der Waals surface area contributed by atoms with Gasteiger partial charge in [-0.2, -0.15) is 0 Å². The maximum Gasteiger partial charge on any atom is 0.262 e. The van der Waals surface area contributed by atoms with Gasteiger partial charge in [-0.25, -0.2) is 0 Å². The van der Waals surface area contributed by atoms with E-state index in [2.05, 4.69) is 37.9 Å². The summed E-state index contributed by atoms with van der Waals surface area (Å²) in [6, 6.07) is 7.57. The van der Waals surface area contributed by atoms with Crippen LogP contribution in [0.3, 0.4) is 0 Å². The number of aryl methyl sites for hydroxylation is 1. The van der Waals surface area contributed by atoms with Gasteiger partial charge in [0.1, 0.15) is 0 Å². The van der Waals surface area contributed by atoms with Crippen molar-refractivity contribution in [2.24, 2.45) is 17.8 Å². The number of thioether (sulfide) groups is 1. The maximum atomic E-state index is 13.2. The van der Waals surface area contributed by atoms with Crippen LogP contribution in [-0.2, 0) is 11.3 Å². The highest BCUT2D eigenvalue weighted by molar-refractivity contribution is 8.00. The second-order valence-corrected chi connectivity index (χ2v) is 11.0. The average molecular weight is 456 g/mol. The lowest BCUT2D eigenvalue weighted by Crippen LogP contribution is -2.45. The van der Waals surface area contributed by atoms with E-state index >= 15 is 0 Å². The predicted molar refractivity (Wildman–Crippen MR) is 129 cm³/mol. The molecule has 3 atom stereocenters. The second-order valence-electron chi connectivity index (χ2n) is 9.72. The van der Waals surface area contributed by atoms with Crippen LogP contribution in [0.25, 0.3) is 16.7 Å². The normalized spacial score (nSPS) is 20.4. The van der Waals surface area contributed by atoms with Gasteiger partial charge in [0.05, 0.1) is 16.2 Å². The van der Waals surface area contributed by atoms with Crippen molar-refractivity contribution >= 4 is 34.3 Å². The van der Waals surface area contributed by atoms with Crippen LogP contribution in [0, 0.1) is 17.8 Å². The van der Waals surface area contributed by atoms with E-state index < -0.39 is 0 Å². The van der Waals surface area contributed by atoms with E-state index in [-0.39, 0.29) is 16.7 Å². The van der Waals surface area contributed by atoms with Crippen LogP contribution >= 0.6 is 11.8 Å². The summed E-state index contributed by atoms with van der Waals surface area (Å²) < 4.78 is 3.66. The first kappa shape index (κ1) is 22.8. The third kappa shape index (κ3) is 4.42. The first-order valence-corrected chi connectivity index (χ1v) is 12.5. The van der Waals surface area contributed by atoms with Crippen LogP contribution in [0.4, 0.5) is 0 Å². The summed E-state index contributed by atoms with van der Waals surface area (Å²) in [5.41, 5.74) is 0.735. The Labute approximate surface area is 193 Å². The Morgan fingerprint density at radius 1 is 1.12 bits per heavy atom. The van der Waals surface area contributed by atoms with Gasteiger partial charge < -0.3 is 4.90 Å². The quantitative estimate of drug-likeness (QED) is 0.524. The molecule has 3 heterocycles. The van der Waals surface area contributed by atoms with Crippen LogP contribution < -0.4 is 5.56 Å². The van der Waals surface area contributed by atoms with Gasteiger partial charge in [-0.15, -0.1) is 10.2 Å². The molecule has 3 aromatic rings. The Balaban J connectivity index is 1.70. The van der Waals surface area contributed by atoms with Crippen LogP contribution in [0.1, 0.15) is 47.5 Å². The smallest absolute Gasteiger partial charge is 0.262 e. The van der Waals surface area contributed by atoms with Gasteiger partial charge in [-0.1, -0.05) is 51.6 Å². The number of carbonyl (C=O) groups is 1. The first-order chi connectivity index (χ1) is 15.3. The molecule has 0 aliphatic carbocycles. The molecule has 2 aromatic heterocycles. The molecule has 0 saturated carbocycles. The minimum Gasteiger partial charge on any atom is -0.341 e. The number of aromatic nitrogens is 4. The highest BCUT2D eigenvalue weighted by Crippen LogP contribution is 2.28. The van der Waals surface area contributed by atoms with Crippen molar-refractivity contribution in [1.82, 2.24) is 24.1 Å². The van der Waals surface area contributed by atoms with E-state index in [9.17, 15) is 9.59 Å². The molecule has 1 saturated heterocycles. The third-order valence-corrected chi connectivity index (χ3v) is 7.25. The summed E-state index contributed by atoms with van der Waals surface area (Å²) in [6.07, 6.45) is 2.05. The Morgan fingerprint density at radius 2 is 1.81 bits per heavy atom. The fourth-order valence-electron chi connectivity index (χ4n) is 4.71. The van der Waals surface area contributed by atoms with Crippen LogP contribution in [0.5, 0.6) is 0 Å². The summed E-state index contributed by atoms with van der Waals surface area (Å²) in [7, 11) is 0. The SMILES string of the molecule is CC(C)CCn1c(=O)c2ccccc2n2c(SC(C)C(=O)N3CC(C)CC(C)C3)nnc12. The van der Waals surface area contributed by atoms with E-state index in [1.807, 2.05) is 40.5 Å². The third-order valence-electron chi connectivity index (χ3n) is 6.22. The average Bonchev–Trinajstić information content (AvgIpc) is 3.15. The van der Waals surface area contributed by atoms with Gasteiger partial charge in [0.15, 0.2) is 5.16 Å². The molecule has 172 valence electrons. The van der Waals surface area contributed by atoms with Gasteiger partial charge in [-0.05, 0) is 49.7 Å². The lowest BCUT2D eigenvalue weighted by atomic mass is 9.92. The van der Waals surface area contributed by atoms with Crippen LogP contribution in [0.2, 0.25) is 0 Å². The Morgan fingerprint density at radius 3 is 2.50 bits per heavy atom. The van der Waals surface area contributed by atoms with E-state index in [4.69, 9.17) is 0 Å². The summed E-state index contributed by atoms with van der Waals surface area (Å²) in [4.78, 5) is 28.4. The molecule has 0 N–H and O–H groups in total. The standard InChI is InChI=1S/C24H33N5O2S/c1-15(2)10-11-28-22(31)19-8-6-7-9-20(19)29-23(28)25-26-24(29)32-18(5)21(30)27-13-16(3)12-17(4)14-27/h6-9,15-18H,10-14H2,1-5H3. The molecule has 1 fully saturated rings. The molecular formula is C24H33N5O2S. The van der Waals surface area contributed by atoms with Crippen molar-refractivity contribution in [2.75, 3.05) is 13.1 Å². The van der Waals surface area contributed by atoms with Crippen molar-refractivity contribution in [1.29, 1.82) is 0 Å². The zero-order valence-electron chi connectivity index (χ0n) is 19.6. The van der Waals surface area contributed by atoms with Gasteiger partial charge in [0.25, 0.3) is 5.56 Å². The molecule has 0 spiro atoms. The Hall–Kier alpha value is -2.35. The second kappa shape index (κ2) is 9.25. The molecule has 1 amide bonds. The molecule has 8 heteroatoms. The van der Waals surface area contributed by atoms with Gasteiger partial charge in [0.2, 0.25) is 11.7 Å². The molecule has 0 radical (unpaired) electrons. The van der Waals surface area contributed by atoms with Crippen LogP contribution in [0.15, 0.2) is 34.2 Å². The Bertz CT molecular complexity index is 1170. The number of nitrogens with zero attached hydrogens (tertiary/aromatic N) is 5. The van der Waals surface area contributed by atoms with Crippen molar-refractivity contribution in [3.05, 3.63) is 34.6 Å². The molecule has 4 rings (SSSR count). The summed E-state index contributed by atoms with van der Waals surface area (Å²) in [6.45, 7) is 12.9. The topological polar surface area (TPSA) is 72.5 Å².